The van der Waals surface area contributed by atoms with Crippen molar-refractivity contribution in [2.75, 3.05) is 10.2 Å². The van der Waals surface area contributed by atoms with Gasteiger partial charge in [0.2, 0.25) is 21.8 Å². The number of halogens is 1. The van der Waals surface area contributed by atoms with Crippen molar-refractivity contribution in [3.8, 4) is 0 Å². The molecule has 1 saturated heterocycles. The van der Waals surface area contributed by atoms with Gasteiger partial charge < -0.3 is 5.32 Å². The van der Waals surface area contributed by atoms with Gasteiger partial charge in [-0.2, -0.15) is 4.31 Å². The quantitative estimate of drug-likeness (QED) is 0.324. The molecule has 0 saturated carbocycles. The number of benzene rings is 2. The second kappa shape index (κ2) is 9.94. The maximum atomic E-state index is 13.7. The molecule has 3 aromatic rings. The second-order valence-corrected chi connectivity index (χ2v) is 11.8. The van der Waals surface area contributed by atoms with E-state index in [-0.39, 0.29) is 23.8 Å². The molecule has 11 heteroatoms. The zero-order chi connectivity index (χ0) is 24.5. The third-order valence-corrected chi connectivity index (χ3v) is 8.68. The van der Waals surface area contributed by atoms with Crippen molar-refractivity contribution < 1.29 is 22.8 Å². The largest absolute Gasteiger partial charge is 0.326 e. The van der Waals surface area contributed by atoms with Crippen LogP contribution in [0.5, 0.6) is 0 Å². The van der Waals surface area contributed by atoms with Gasteiger partial charge in [0.15, 0.2) is 0 Å². The Morgan fingerprint density at radius 1 is 1.12 bits per heavy atom. The molecule has 1 fully saturated rings. The van der Waals surface area contributed by atoms with Crippen molar-refractivity contribution >= 4 is 73.0 Å². The van der Waals surface area contributed by atoms with E-state index in [0.29, 0.717) is 11.4 Å². The number of sulfonamides is 1. The highest BCUT2D eigenvalue weighted by Crippen LogP contribution is 2.32. The molecule has 1 aliphatic heterocycles. The van der Waals surface area contributed by atoms with Crippen LogP contribution in [0.1, 0.15) is 18.2 Å². The molecule has 0 radical (unpaired) electrons. The number of hydrogen-bond acceptors (Lipinski definition) is 6. The van der Waals surface area contributed by atoms with Gasteiger partial charge in [0.25, 0.3) is 5.91 Å². The van der Waals surface area contributed by atoms with Crippen LogP contribution >= 0.6 is 33.9 Å². The Balaban J connectivity index is 1.70. The third kappa shape index (κ3) is 5.06. The topological polar surface area (TPSA) is 104 Å². The van der Waals surface area contributed by atoms with Gasteiger partial charge in [0, 0.05) is 27.6 Å². The van der Waals surface area contributed by atoms with Gasteiger partial charge >= 0.3 is 0 Å². The molecule has 0 spiro atoms. The van der Waals surface area contributed by atoms with Crippen LogP contribution in [0.3, 0.4) is 0 Å². The first-order chi connectivity index (χ1) is 16.2. The molecule has 1 aliphatic rings. The lowest BCUT2D eigenvalue weighted by molar-refractivity contribution is -0.122. The number of carbonyl (C=O) groups is 3. The predicted octanol–water partition coefficient (Wildman–Crippen LogP) is 3.83. The number of carbonyl (C=O) groups excluding carboxylic acids is 3. The first-order valence-electron chi connectivity index (χ1n) is 10.2. The summed E-state index contributed by atoms with van der Waals surface area (Å²) in [4.78, 5) is 39.3. The fourth-order valence-electron chi connectivity index (χ4n) is 3.67. The molecular weight excluding hydrogens is 589 g/mol. The maximum Gasteiger partial charge on any atom is 0.252 e. The molecule has 3 amide bonds. The molecule has 1 aromatic heterocycles. The first-order valence-corrected chi connectivity index (χ1v) is 13.6. The highest BCUT2D eigenvalue weighted by Gasteiger charge is 2.47. The van der Waals surface area contributed by atoms with Crippen LogP contribution in [0.4, 0.5) is 11.4 Å². The number of nitrogens with zero attached hydrogens (tertiary/aromatic N) is 2. The molecule has 1 atom stereocenters. The summed E-state index contributed by atoms with van der Waals surface area (Å²) in [6.45, 7) is 1.31. The number of nitrogens with one attached hydrogen (secondary N) is 1. The summed E-state index contributed by atoms with van der Waals surface area (Å²) in [5.74, 6) is -1.31. The number of imide groups is 1. The van der Waals surface area contributed by atoms with Crippen LogP contribution in [-0.2, 0) is 31.0 Å². The molecule has 8 nitrogen and oxygen atoms in total. The van der Waals surface area contributed by atoms with Crippen molar-refractivity contribution in [2.24, 2.45) is 0 Å². The number of thiophene rings is 1. The Morgan fingerprint density at radius 3 is 2.38 bits per heavy atom. The van der Waals surface area contributed by atoms with E-state index >= 15 is 0 Å². The van der Waals surface area contributed by atoms with Crippen LogP contribution in [0.2, 0.25) is 0 Å². The molecule has 0 aliphatic carbocycles. The number of rotatable bonds is 7. The van der Waals surface area contributed by atoms with E-state index in [1.807, 2.05) is 5.38 Å². The minimum Gasteiger partial charge on any atom is -0.326 e. The average Bonchev–Trinajstić information content (AvgIpc) is 3.40. The minimum atomic E-state index is -4.15. The molecule has 2 aromatic carbocycles. The van der Waals surface area contributed by atoms with Crippen molar-refractivity contribution in [1.82, 2.24) is 4.31 Å². The summed E-state index contributed by atoms with van der Waals surface area (Å²) >= 11 is 3.49. The summed E-state index contributed by atoms with van der Waals surface area (Å²) in [5, 5.41) is 4.41. The van der Waals surface area contributed by atoms with Crippen molar-refractivity contribution in [1.29, 1.82) is 0 Å². The molecule has 1 N–H and O–H groups in total. The predicted molar refractivity (Wildman–Crippen MR) is 138 cm³/mol. The lowest BCUT2D eigenvalue weighted by Gasteiger charge is -2.26. The van der Waals surface area contributed by atoms with Crippen molar-refractivity contribution in [2.45, 2.75) is 30.8 Å². The van der Waals surface area contributed by atoms with Crippen LogP contribution in [0.25, 0.3) is 0 Å². The highest BCUT2D eigenvalue weighted by atomic mass is 127. The fraction of sp³-hybridized carbons (Fsp3) is 0.174. The zero-order valence-corrected chi connectivity index (χ0v) is 21.8. The van der Waals surface area contributed by atoms with E-state index in [1.165, 1.54) is 42.5 Å². The molecule has 176 valence electrons. The van der Waals surface area contributed by atoms with Crippen molar-refractivity contribution in [3.63, 3.8) is 0 Å². The molecule has 1 unspecified atom stereocenters. The Hall–Kier alpha value is -2.61. The number of anilines is 2. The van der Waals surface area contributed by atoms with Gasteiger partial charge in [-0.3, -0.25) is 14.4 Å². The van der Waals surface area contributed by atoms with E-state index in [4.69, 9.17) is 0 Å². The molecular formula is C23H20IN3O5S2. The van der Waals surface area contributed by atoms with Crippen LogP contribution in [0.15, 0.2) is 70.9 Å². The normalized spacial score (nSPS) is 16.3. The molecule has 0 bridgehead atoms. The number of hydrogen-bond donors (Lipinski definition) is 1. The summed E-state index contributed by atoms with van der Waals surface area (Å²) < 4.78 is 29.4. The zero-order valence-electron chi connectivity index (χ0n) is 18.0. The van der Waals surface area contributed by atoms with Gasteiger partial charge in [-0.15, -0.1) is 11.3 Å². The minimum absolute atomic E-state index is 0.0360. The number of amides is 3. The Kier molecular flexibility index (Phi) is 7.17. The first kappa shape index (κ1) is 24.5. The molecule has 4 rings (SSSR count). The Bertz CT molecular complexity index is 1320. The van der Waals surface area contributed by atoms with Gasteiger partial charge in [-0.05, 0) is 82.6 Å². The third-order valence-electron chi connectivity index (χ3n) is 5.23. The summed E-state index contributed by atoms with van der Waals surface area (Å²) in [6.07, 6.45) is -0.251. The molecule has 34 heavy (non-hydrogen) atoms. The maximum absolute atomic E-state index is 13.7. The van der Waals surface area contributed by atoms with Gasteiger partial charge in [0.05, 0.1) is 17.0 Å². The van der Waals surface area contributed by atoms with Crippen molar-refractivity contribution in [3.05, 3.63) is 74.5 Å². The van der Waals surface area contributed by atoms with Crippen LogP contribution in [-0.4, -0.2) is 36.5 Å². The standard InChI is InChI=1S/C23H20IN3O5S2/c1-15(28)25-17-6-10-20(11-7-17)34(31,32)26(14-19-3-2-12-33-19)21-13-22(29)27(23(21)30)18-8-4-16(24)5-9-18/h2-12,21H,13-14H2,1H3,(H,25,28). The van der Waals surface area contributed by atoms with E-state index < -0.39 is 27.9 Å². The summed E-state index contributed by atoms with van der Waals surface area (Å²) in [7, 11) is -4.15. The van der Waals surface area contributed by atoms with E-state index in [1.54, 1.807) is 36.4 Å². The smallest absolute Gasteiger partial charge is 0.252 e. The van der Waals surface area contributed by atoms with Gasteiger partial charge in [-0.25, -0.2) is 13.3 Å². The van der Waals surface area contributed by atoms with E-state index in [0.717, 1.165) is 17.7 Å². The van der Waals surface area contributed by atoms with Crippen LogP contribution in [0, 0.1) is 3.57 Å². The summed E-state index contributed by atoms with van der Waals surface area (Å²) in [5.41, 5.74) is 0.860. The highest BCUT2D eigenvalue weighted by molar-refractivity contribution is 14.1. The summed E-state index contributed by atoms with van der Waals surface area (Å²) in [6, 6.07) is 15.0. The van der Waals surface area contributed by atoms with Gasteiger partial charge in [-0.1, -0.05) is 6.07 Å². The average molecular weight is 609 g/mol. The lowest BCUT2D eigenvalue weighted by atomic mass is 10.2. The fourth-order valence-corrected chi connectivity index (χ4v) is 6.37. The van der Waals surface area contributed by atoms with E-state index in [9.17, 15) is 22.8 Å². The van der Waals surface area contributed by atoms with Crippen LogP contribution < -0.4 is 10.2 Å². The Labute approximate surface area is 214 Å². The Morgan fingerprint density at radius 2 is 1.79 bits per heavy atom. The SMILES string of the molecule is CC(=O)Nc1ccc(S(=O)(=O)N(Cc2cccs2)C2CC(=O)N(c3ccc(I)cc3)C2=O)cc1. The monoisotopic (exact) mass is 609 g/mol. The molecule has 2 heterocycles. The van der Waals surface area contributed by atoms with E-state index in [2.05, 4.69) is 27.9 Å². The second-order valence-electron chi connectivity index (χ2n) is 7.60. The lowest BCUT2D eigenvalue weighted by Crippen LogP contribution is -2.44. The van der Waals surface area contributed by atoms with Gasteiger partial charge in [0.1, 0.15) is 6.04 Å².